The first kappa shape index (κ1) is 16.1. The average molecular weight is 328 g/mol. The molecule has 4 atom stereocenters. The maximum Gasteiger partial charge on any atom is 0.242 e. The molecule has 2 bridgehead atoms. The molecule has 1 N–H and O–H groups in total. The molecular weight excluding hydrogens is 302 g/mol. The van der Waals surface area contributed by atoms with Crippen molar-refractivity contribution in [2.24, 2.45) is 29.6 Å². The molecule has 1 heterocycles. The summed E-state index contributed by atoms with van der Waals surface area (Å²) in [7, 11) is 1.80. The Morgan fingerprint density at radius 2 is 1.73 bits per heavy atom. The highest BCUT2D eigenvalue weighted by Gasteiger charge is 2.67. The Labute approximate surface area is 138 Å². The van der Waals surface area contributed by atoms with E-state index in [1.54, 1.807) is 11.9 Å². The fraction of sp³-hybridized carbons (Fsp3) is 0.875. The van der Waals surface area contributed by atoms with Gasteiger partial charge in [-0.05, 0) is 42.9 Å². The minimum Gasteiger partial charge on any atom is -0.339 e. The van der Waals surface area contributed by atoms with Crippen LogP contribution >= 0.6 is 12.4 Å². The summed E-state index contributed by atoms with van der Waals surface area (Å²) in [5, 5.41) is 3.24. The summed E-state index contributed by atoms with van der Waals surface area (Å²) in [6.07, 6.45) is 4.03. The number of carbonyl (C=O) groups is 2. The molecule has 4 fully saturated rings. The van der Waals surface area contributed by atoms with Crippen LogP contribution in [0.25, 0.3) is 0 Å². The van der Waals surface area contributed by atoms with Crippen LogP contribution in [0.15, 0.2) is 0 Å². The van der Waals surface area contributed by atoms with Gasteiger partial charge in [0.15, 0.2) is 0 Å². The molecule has 1 saturated heterocycles. The van der Waals surface area contributed by atoms with Gasteiger partial charge in [-0.1, -0.05) is 0 Å². The van der Waals surface area contributed by atoms with Crippen LogP contribution in [-0.2, 0) is 9.59 Å². The lowest BCUT2D eigenvalue weighted by Gasteiger charge is -2.29. The average Bonchev–Trinajstić information content (AvgIpc) is 2.94. The fourth-order valence-electron chi connectivity index (χ4n) is 5.20. The van der Waals surface area contributed by atoms with Crippen molar-refractivity contribution in [1.82, 2.24) is 15.1 Å². The lowest BCUT2D eigenvalue weighted by molar-refractivity contribution is -0.141. The Morgan fingerprint density at radius 3 is 2.32 bits per heavy atom. The molecule has 0 aromatic heterocycles. The molecule has 3 saturated carbocycles. The molecule has 1 aliphatic heterocycles. The van der Waals surface area contributed by atoms with Crippen molar-refractivity contribution in [2.75, 3.05) is 39.8 Å². The highest BCUT2D eigenvalue weighted by molar-refractivity contribution is 5.88. The van der Waals surface area contributed by atoms with E-state index in [1.165, 1.54) is 19.3 Å². The van der Waals surface area contributed by atoms with Crippen LogP contribution < -0.4 is 5.32 Å². The molecule has 4 unspecified atom stereocenters. The molecule has 6 heteroatoms. The van der Waals surface area contributed by atoms with Crippen LogP contribution in [0.2, 0.25) is 0 Å². The number of hydrogen-bond donors (Lipinski definition) is 1. The number of nitrogens with zero attached hydrogens (tertiary/aromatic N) is 2. The van der Waals surface area contributed by atoms with E-state index >= 15 is 0 Å². The third kappa shape index (κ3) is 2.52. The van der Waals surface area contributed by atoms with Gasteiger partial charge in [-0.25, -0.2) is 0 Å². The van der Waals surface area contributed by atoms with Gasteiger partial charge in [0.05, 0.1) is 6.54 Å². The van der Waals surface area contributed by atoms with Gasteiger partial charge in [0.25, 0.3) is 0 Å². The summed E-state index contributed by atoms with van der Waals surface area (Å²) in [5.74, 6) is 3.52. The van der Waals surface area contributed by atoms with Gasteiger partial charge in [0.1, 0.15) is 0 Å². The third-order valence-corrected chi connectivity index (χ3v) is 6.24. The van der Waals surface area contributed by atoms with Crippen LogP contribution in [0.1, 0.15) is 19.3 Å². The lowest BCUT2D eigenvalue weighted by atomic mass is 10.0. The van der Waals surface area contributed by atoms with Crippen molar-refractivity contribution in [3.8, 4) is 0 Å². The maximum absolute atomic E-state index is 12.6. The van der Waals surface area contributed by atoms with E-state index in [-0.39, 0.29) is 36.7 Å². The zero-order valence-corrected chi connectivity index (χ0v) is 14.0. The fourth-order valence-corrected chi connectivity index (χ4v) is 5.20. The number of hydrogen-bond acceptors (Lipinski definition) is 3. The Bertz CT molecular complexity index is 450. The van der Waals surface area contributed by atoms with Crippen LogP contribution in [0.4, 0.5) is 0 Å². The minimum absolute atomic E-state index is 0. The molecule has 4 rings (SSSR count). The Hall–Kier alpha value is -0.810. The quantitative estimate of drug-likeness (QED) is 0.825. The van der Waals surface area contributed by atoms with Crippen molar-refractivity contribution in [3.63, 3.8) is 0 Å². The Morgan fingerprint density at radius 1 is 1.14 bits per heavy atom. The van der Waals surface area contributed by atoms with Gasteiger partial charge >= 0.3 is 0 Å². The molecule has 0 spiro atoms. The van der Waals surface area contributed by atoms with Gasteiger partial charge < -0.3 is 15.1 Å². The van der Waals surface area contributed by atoms with Crippen molar-refractivity contribution >= 4 is 24.2 Å². The van der Waals surface area contributed by atoms with Crippen molar-refractivity contribution in [3.05, 3.63) is 0 Å². The maximum atomic E-state index is 12.6. The predicted molar refractivity (Wildman–Crippen MR) is 85.6 cm³/mol. The normalized spacial score (nSPS) is 38.2. The second kappa shape index (κ2) is 6.00. The number of rotatable bonds is 3. The standard InChI is InChI=1S/C16H25N3O2.ClH/c1-18(9-12(20)19-6-4-17-5-7-19)16(21)15-13-10-2-3-11(8-10)14(13)15;/h10-11,13-15,17H,2-9H2,1H3;1H. The number of nitrogens with one attached hydrogen (secondary N) is 1. The van der Waals surface area contributed by atoms with Gasteiger partial charge in [0, 0.05) is 39.1 Å². The van der Waals surface area contributed by atoms with Crippen molar-refractivity contribution in [2.45, 2.75) is 19.3 Å². The second-order valence-electron chi connectivity index (χ2n) is 7.34. The molecule has 124 valence electrons. The smallest absolute Gasteiger partial charge is 0.242 e. The molecule has 2 amide bonds. The van der Waals surface area contributed by atoms with Crippen LogP contribution in [0, 0.1) is 29.6 Å². The topological polar surface area (TPSA) is 52.7 Å². The van der Waals surface area contributed by atoms with Crippen LogP contribution in [-0.4, -0.2) is 61.4 Å². The number of fused-ring (bicyclic) bond motifs is 5. The first-order chi connectivity index (χ1) is 10.2. The zero-order valence-electron chi connectivity index (χ0n) is 13.2. The first-order valence-electron chi connectivity index (χ1n) is 8.40. The van der Waals surface area contributed by atoms with E-state index in [0.717, 1.165) is 38.0 Å². The van der Waals surface area contributed by atoms with E-state index in [0.29, 0.717) is 11.8 Å². The summed E-state index contributed by atoms with van der Waals surface area (Å²) in [5.41, 5.74) is 0. The summed E-state index contributed by atoms with van der Waals surface area (Å²) in [6, 6.07) is 0. The highest BCUT2D eigenvalue weighted by atomic mass is 35.5. The third-order valence-electron chi connectivity index (χ3n) is 6.24. The number of likely N-dealkylation sites (N-methyl/N-ethyl adjacent to an activating group) is 1. The molecule has 0 radical (unpaired) electrons. The number of carbonyl (C=O) groups excluding carboxylic acids is 2. The van der Waals surface area contributed by atoms with Crippen molar-refractivity contribution in [1.29, 1.82) is 0 Å². The second-order valence-corrected chi connectivity index (χ2v) is 7.34. The zero-order chi connectivity index (χ0) is 14.6. The molecule has 4 aliphatic rings. The van der Waals surface area contributed by atoms with Gasteiger partial charge in [0.2, 0.25) is 11.8 Å². The Balaban J connectivity index is 0.00000144. The number of halogens is 1. The SMILES string of the molecule is CN(CC(=O)N1CCNCC1)C(=O)C1C2C3CCC(C3)C12.Cl. The molecular formula is C16H26ClN3O2. The summed E-state index contributed by atoms with van der Waals surface area (Å²) in [4.78, 5) is 28.4. The van der Waals surface area contributed by atoms with Crippen molar-refractivity contribution < 1.29 is 9.59 Å². The molecule has 0 aromatic rings. The Kier molecular flexibility index (Phi) is 4.38. The summed E-state index contributed by atoms with van der Waals surface area (Å²) < 4.78 is 0. The molecule has 0 aromatic carbocycles. The van der Waals surface area contributed by atoms with Crippen LogP contribution in [0.3, 0.4) is 0 Å². The van der Waals surface area contributed by atoms with Gasteiger partial charge in [-0.2, -0.15) is 0 Å². The summed E-state index contributed by atoms with van der Waals surface area (Å²) in [6.45, 7) is 3.50. The highest BCUT2D eigenvalue weighted by Crippen LogP contribution is 2.69. The summed E-state index contributed by atoms with van der Waals surface area (Å²) >= 11 is 0. The predicted octanol–water partition coefficient (Wildman–Crippen LogP) is 0.591. The monoisotopic (exact) mass is 327 g/mol. The van der Waals surface area contributed by atoms with E-state index < -0.39 is 0 Å². The van der Waals surface area contributed by atoms with E-state index in [1.807, 2.05) is 4.90 Å². The van der Waals surface area contributed by atoms with E-state index in [4.69, 9.17) is 0 Å². The van der Waals surface area contributed by atoms with Gasteiger partial charge in [-0.3, -0.25) is 9.59 Å². The number of piperazine rings is 1. The molecule has 22 heavy (non-hydrogen) atoms. The first-order valence-corrected chi connectivity index (χ1v) is 8.40. The minimum atomic E-state index is 0. The lowest BCUT2D eigenvalue weighted by Crippen LogP contribution is -2.50. The van der Waals surface area contributed by atoms with Crippen LogP contribution in [0.5, 0.6) is 0 Å². The van der Waals surface area contributed by atoms with E-state index in [2.05, 4.69) is 5.32 Å². The number of amides is 2. The van der Waals surface area contributed by atoms with E-state index in [9.17, 15) is 9.59 Å². The molecule has 5 nitrogen and oxygen atoms in total. The largest absolute Gasteiger partial charge is 0.339 e. The molecule has 3 aliphatic carbocycles. The van der Waals surface area contributed by atoms with Gasteiger partial charge in [-0.15, -0.1) is 12.4 Å².